The van der Waals surface area contributed by atoms with Gasteiger partial charge in [-0.25, -0.2) is 0 Å². The molecule has 34 heavy (non-hydrogen) atoms. The summed E-state index contributed by atoms with van der Waals surface area (Å²) in [6, 6.07) is 16.6. The van der Waals surface area contributed by atoms with Crippen molar-refractivity contribution >= 4 is 17.5 Å². The second kappa shape index (κ2) is 11.2. The highest BCUT2D eigenvalue weighted by atomic mass is 35.5. The Labute approximate surface area is 210 Å². The van der Waals surface area contributed by atoms with Crippen LogP contribution < -0.4 is 5.32 Å². The molecular formula is C28H39ClN4O. The Morgan fingerprint density at radius 1 is 1.09 bits per heavy atom. The molecule has 1 amide bonds. The summed E-state index contributed by atoms with van der Waals surface area (Å²) in [5.41, 5.74) is 4.13. The highest BCUT2D eigenvalue weighted by Crippen LogP contribution is 2.42. The zero-order chi connectivity index (χ0) is 24.1. The number of rotatable bonds is 8. The minimum Gasteiger partial charge on any atom is -0.341 e. The Balaban J connectivity index is 1.45. The largest absolute Gasteiger partial charge is 0.341 e. The topological polar surface area (TPSA) is 38.8 Å². The van der Waals surface area contributed by atoms with Crippen LogP contribution in [0, 0.1) is 0 Å². The smallest absolute Gasteiger partial charge is 0.240 e. The van der Waals surface area contributed by atoms with Crippen molar-refractivity contribution in [2.24, 2.45) is 0 Å². The zero-order valence-corrected chi connectivity index (χ0v) is 21.7. The lowest BCUT2D eigenvalue weighted by Gasteiger charge is -2.51. The molecule has 1 N–H and O–H groups in total. The number of hydrogen-bond acceptors (Lipinski definition) is 4. The number of nitrogens with zero attached hydrogens (tertiary/aromatic N) is 3. The Kier molecular flexibility index (Phi) is 8.30. The molecule has 0 unspecified atom stereocenters. The van der Waals surface area contributed by atoms with Crippen molar-refractivity contribution in [3.63, 3.8) is 0 Å². The first-order valence-corrected chi connectivity index (χ1v) is 13.0. The second-order valence-corrected chi connectivity index (χ2v) is 10.6. The summed E-state index contributed by atoms with van der Waals surface area (Å²) in [7, 11) is 6.42. The van der Waals surface area contributed by atoms with Crippen LogP contribution in [0.5, 0.6) is 0 Å². The van der Waals surface area contributed by atoms with Crippen LogP contribution in [-0.2, 0) is 23.2 Å². The van der Waals surface area contributed by atoms with Crippen LogP contribution >= 0.6 is 11.6 Å². The number of benzene rings is 2. The van der Waals surface area contributed by atoms with E-state index in [2.05, 4.69) is 65.4 Å². The highest BCUT2D eigenvalue weighted by molar-refractivity contribution is 6.30. The summed E-state index contributed by atoms with van der Waals surface area (Å²) < 4.78 is 0. The molecule has 1 spiro atoms. The maximum absolute atomic E-state index is 13.7. The predicted octanol–water partition coefficient (Wildman–Crippen LogP) is 3.80. The molecule has 1 atom stereocenters. The van der Waals surface area contributed by atoms with Gasteiger partial charge in [0, 0.05) is 30.2 Å². The van der Waals surface area contributed by atoms with Gasteiger partial charge in [0.15, 0.2) is 0 Å². The fourth-order valence-corrected chi connectivity index (χ4v) is 5.77. The fraction of sp³-hybridized carbons (Fsp3) is 0.536. The van der Waals surface area contributed by atoms with Gasteiger partial charge in [0.2, 0.25) is 5.91 Å². The van der Waals surface area contributed by atoms with Crippen molar-refractivity contribution in [3.05, 3.63) is 70.2 Å². The van der Waals surface area contributed by atoms with E-state index in [1.807, 2.05) is 24.3 Å². The van der Waals surface area contributed by atoms with Crippen molar-refractivity contribution < 1.29 is 4.79 Å². The van der Waals surface area contributed by atoms with Gasteiger partial charge in [0.25, 0.3) is 0 Å². The second-order valence-electron chi connectivity index (χ2n) is 10.2. The average Bonchev–Trinajstić information content (AvgIpc) is 2.85. The van der Waals surface area contributed by atoms with Crippen molar-refractivity contribution in [2.45, 2.75) is 43.7 Å². The normalized spacial score (nSPS) is 18.8. The number of amides is 1. The van der Waals surface area contributed by atoms with E-state index in [9.17, 15) is 4.79 Å². The van der Waals surface area contributed by atoms with E-state index in [-0.39, 0.29) is 17.5 Å². The Morgan fingerprint density at radius 2 is 1.79 bits per heavy atom. The van der Waals surface area contributed by atoms with Crippen molar-refractivity contribution in [2.75, 3.05) is 53.9 Å². The number of likely N-dealkylation sites (tertiary alicyclic amines) is 1. The van der Waals surface area contributed by atoms with Crippen molar-refractivity contribution in [1.29, 1.82) is 0 Å². The molecule has 5 nitrogen and oxygen atoms in total. The van der Waals surface area contributed by atoms with Gasteiger partial charge in [0.05, 0.1) is 6.04 Å². The lowest BCUT2D eigenvalue weighted by Crippen LogP contribution is -2.58. The fourth-order valence-electron chi connectivity index (χ4n) is 5.64. The number of hydrogen-bond donors (Lipinski definition) is 1. The minimum atomic E-state index is -0.214. The van der Waals surface area contributed by atoms with Gasteiger partial charge in [-0.15, -0.1) is 0 Å². The molecule has 1 saturated heterocycles. The van der Waals surface area contributed by atoms with Gasteiger partial charge in [-0.05, 0) is 95.2 Å². The molecule has 2 heterocycles. The van der Waals surface area contributed by atoms with E-state index in [1.165, 1.54) is 11.1 Å². The molecule has 2 aliphatic rings. The SMILES string of the molecule is CN(C)CCCN[C@H](Cc1ccc(Cl)cc1)C(=O)N1CCC2(CC1)c1ccccc1CCN2C. The standard InChI is InChI=1S/C28H39ClN4O/c1-31(2)17-6-16-30-26(21-22-9-11-24(29)12-10-22)27(34)33-19-14-28(15-20-33)25-8-5-4-7-23(25)13-18-32(28)3/h4-5,7-12,26,30H,6,13-21H2,1-3H3/t26-/m1/s1. The zero-order valence-electron chi connectivity index (χ0n) is 20.9. The Morgan fingerprint density at radius 3 is 2.50 bits per heavy atom. The molecule has 2 aliphatic heterocycles. The van der Waals surface area contributed by atoms with Crippen molar-refractivity contribution in [3.8, 4) is 0 Å². The van der Waals surface area contributed by atoms with Gasteiger partial charge >= 0.3 is 0 Å². The number of nitrogens with one attached hydrogen (secondary N) is 1. The van der Waals surface area contributed by atoms with Crippen molar-refractivity contribution in [1.82, 2.24) is 20.0 Å². The molecule has 6 heteroatoms. The Hall–Kier alpha value is -1.92. The first-order chi connectivity index (χ1) is 16.4. The summed E-state index contributed by atoms with van der Waals surface area (Å²) in [4.78, 5) is 20.5. The molecule has 2 aromatic rings. The molecule has 1 fully saturated rings. The quantitative estimate of drug-likeness (QED) is 0.581. The van der Waals surface area contributed by atoms with E-state index < -0.39 is 0 Å². The van der Waals surface area contributed by atoms with Gasteiger partial charge < -0.3 is 15.1 Å². The van der Waals surface area contributed by atoms with Crippen LogP contribution in [0.3, 0.4) is 0 Å². The van der Waals surface area contributed by atoms with Gasteiger partial charge in [0.1, 0.15) is 0 Å². The van der Waals surface area contributed by atoms with Crippen LogP contribution in [0.4, 0.5) is 0 Å². The molecule has 2 aromatic carbocycles. The first kappa shape index (κ1) is 25.2. The summed E-state index contributed by atoms with van der Waals surface area (Å²) in [6.45, 7) is 4.52. The van der Waals surface area contributed by atoms with Crippen LogP contribution in [0.1, 0.15) is 36.0 Å². The molecule has 0 aromatic heterocycles. The third-order valence-corrected chi connectivity index (χ3v) is 7.94. The number of piperidine rings is 1. The molecule has 4 rings (SSSR count). The van der Waals surface area contributed by atoms with Crippen LogP contribution in [0.25, 0.3) is 0 Å². The van der Waals surface area contributed by atoms with Crippen LogP contribution in [-0.4, -0.2) is 80.5 Å². The van der Waals surface area contributed by atoms with Gasteiger partial charge in [-0.3, -0.25) is 9.69 Å². The van der Waals surface area contributed by atoms with E-state index in [0.717, 1.165) is 69.0 Å². The summed E-state index contributed by atoms with van der Waals surface area (Å²) >= 11 is 6.08. The third-order valence-electron chi connectivity index (χ3n) is 7.69. The number of carbonyl (C=O) groups excluding carboxylic acids is 1. The summed E-state index contributed by atoms with van der Waals surface area (Å²) in [5, 5.41) is 4.30. The maximum atomic E-state index is 13.7. The summed E-state index contributed by atoms with van der Waals surface area (Å²) in [5.74, 6) is 0.224. The number of carbonyl (C=O) groups is 1. The predicted molar refractivity (Wildman–Crippen MR) is 140 cm³/mol. The molecular weight excluding hydrogens is 444 g/mol. The average molecular weight is 483 g/mol. The van der Waals surface area contributed by atoms with Gasteiger partial charge in [-0.1, -0.05) is 48.0 Å². The minimum absolute atomic E-state index is 0.0520. The van der Waals surface area contributed by atoms with E-state index in [0.29, 0.717) is 6.42 Å². The van der Waals surface area contributed by atoms with E-state index >= 15 is 0 Å². The lowest BCUT2D eigenvalue weighted by molar-refractivity contribution is -0.136. The number of fused-ring (bicyclic) bond motifs is 2. The molecule has 184 valence electrons. The number of likely N-dealkylation sites (N-methyl/N-ethyl adjacent to an activating group) is 1. The summed E-state index contributed by atoms with van der Waals surface area (Å²) in [6.07, 6.45) is 4.78. The third kappa shape index (κ3) is 5.65. The van der Waals surface area contributed by atoms with E-state index in [1.54, 1.807) is 0 Å². The van der Waals surface area contributed by atoms with Crippen LogP contribution in [0.15, 0.2) is 48.5 Å². The molecule has 0 saturated carbocycles. The number of halogens is 1. The molecule has 0 radical (unpaired) electrons. The van der Waals surface area contributed by atoms with Gasteiger partial charge in [-0.2, -0.15) is 0 Å². The van der Waals surface area contributed by atoms with E-state index in [4.69, 9.17) is 11.6 Å². The lowest BCUT2D eigenvalue weighted by atomic mass is 9.74. The highest BCUT2D eigenvalue weighted by Gasteiger charge is 2.44. The molecule has 0 aliphatic carbocycles. The monoisotopic (exact) mass is 482 g/mol. The first-order valence-electron chi connectivity index (χ1n) is 12.6. The maximum Gasteiger partial charge on any atom is 0.240 e. The molecule has 0 bridgehead atoms. The van der Waals surface area contributed by atoms with Crippen LogP contribution in [0.2, 0.25) is 5.02 Å². The Bertz CT molecular complexity index is 953.